The Kier molecular flexibility index (Phi) is 4.15. The van der Waals surface area contributed by atoms with E-state index in [9.17, 15) is 4.39 Å². The smallest absolute Gasteiger partial charge is 0.142 e. The number of nitrogens with one attached hydrogen (secondary N) is 1. The van der Waals surface area contributed by atoms with Crippen molar-refractivity contribution < 1.29 is 4.39 Å². The van der Waals surface area contributed by atoms with Crippen LogP contribution in [-0.4, -0.2) is 0 Å². The van der Waals surface area contributed by atoms with Crippen LogP contribution in [0.15, 0.2) is 35.7 Å². The van der Waals surface area contributed by atoms with Crippen molar-refractivity contribution in [2.45, 2.75) is 19.5 Å². The molecule has 0 unspecified atom stereocenters. The van der Waals surface area contributed by atoms with E-state index in [4.69, 9.17) is 11.6 Å². The Bertz CT molecular complexity index is 484. The molecule has 2 rings (SSSR count). The van der Waals surface area contributed by atoms with E-state index >= 15 is 0 Å². The molecule has 1 heterocycles. The lowest BCUT2D eigenvalue weighted by atomic mass is 10.2. The minimum Gasteiger partial charge on any atom is -0.305 e. The van der Waals surface area contributed by atoms with Gasteiger partial charge >= 0.3 is 0 Å². The maximum Gasteiger partial charge on any atom is 0.142 e. The van der Waals surface area contributed by atoms with Gasteiger partial charge in [0.05, 0.1) is 5.02 Å². The number of rotatable bonds is 4. The Labute approximate surface area is 109 Å². The van der Waals surface area contributed by atoms with Gasteiger partial charge in [-0.2, -0.15) is 0 Å². The van der Waals surface area contributed by atoms with Crippen LogP contribution in [0.1, 0.15) is 23.4 Å². The second-order valence-electron chi connectivity index (χ2n) is 3.87. The summed E-state index contributed by atoms with van der Waals surface area (Å²) in [5.74, 6) is -0.366. The van der Waals surface area contributed by atoms with Crippen LogP contribution in [0.2, 0.25) is 5.02 Å². The van der Waals surface area contributed by atoms with E-state index in [1.807, 2.05) is 12.1 Å². The van der Waals surface area contributed by atoms with Gasteiger partial charge in [0, 0.05) is 17.5 Å². The Morgan fingerprint density at radius 1 is 1.41 bits per heavy atom. The molecule has 0 spiro atoms. The van der Waals surface area contributed by atoms with E-state index in [2.05, 4.69) is 23.7 Å². The van der Waals surface area contributed by atoms with Crippen LogP contribution in [0, 0.1) is 5.82 Å². The quantitative estimate of drug-likeness (QED) is 0.868. The number of hydrogen-bond acceptors (Lipinski definition) is 2. The molecule has 0 aliphatic heterocycles. The second-order valence-corrected chi connectivity index (χ2v) is 5.25. The fourth-order valence-electron chi connectivity index (χ4n) is 1.56. The molecular weight excluding hydrogens is 257 g/mol. The molecule has 0 aliphatic carbocycles. The van der Waals surface area contributed by atoms with Gasteiger partial charge in [0.15, 0.2) is 0 Å². The maximum absolute atomic E-state index is 13.2. The van der Waals surface area contributed by atoms with Gasteiger partial charge in [0.1, 0.15) is 5.82 Å². The van der Waals surface area contributed by atoms with Crippen LogP contribution in [0.25, 0.3) is 0 Å². The average Bonchev–Trinajstić information content (AvgIpc) is 2.84. The minimum atomic E-state index is -0.366. The predicted molar refractivity (Wildman–Crippen MR) is 71.0 cm³/mol. The lowest BCUT2D eigenvalue weighted by molar-refractivity contribution is 0.576. The van der Waals surface area contributed by atoms with Crippen molar-refractivity contribution in [3.8, 4) is 0 Å². The highest BCUT2D eigenvalue weighted by molar-refractivity contribution is 7.10. The fourth-order valence-corrected chi connectivity index (χ4v) is 2.44. The van der Waals surface area contributed by atoms with Gasteiger partial charge in [-0.15, -0.1) is 11.3 Å². The normalized spacial score (nSPS) is 12.6. The standard InChI is InChI=1S/C13H13ClFNS/c1-9(13-3-2-6-17-13)16-8-10-4-5-11(14)12(15)7-10/h2-7,9,16H,8H2,1H3/t9-/m0/s1. The zero-order valence-corrected chi connectivity index (χ0v) is 11.0. The lowest BCUT2D eigenvalue weighted by Gasteiger charge is -2.12. The van der Waals surface area contributed by atoms with Crippen molar-refractivity contribution in [1.29, 1.82) is 0 Å². The largest absolute Gasteiger partial charge is 0.305 e. The van der Waals surface area contributed by atoms with Crippen LogP contribution < -0.4 is 5.32 Å². The third-order valence-electron chi connectivity index (χ3n) is 2.57. The zero-order chi connectivity index (χ0) is 12.3. The van der Waals surface area contributed by atoms with Crippen molar-refractivity contribution in [2.75, 3.05) is 0 Å². The van der Waals surface area contributed by atoms with Crippen molar-refractivity contribution in [3.05, 3.63) is 57.0 Å². The fraction of sp³-hybridized carbons (Fsp3) is 0.231. The molecule has 17 heavy (non-hydrogen) atoms. The number of thiophene rings is 1. The van der Waals surface area contributed by atoms with Crippen LogP contribution in [0.3, 0.4) is 0 Å². The number of hydrogen-bond donors (Lipinski definition) is 1. The van der Waals surface area contributed by atoms with E-state index in [1.165, 1.54) is 10.9 Å². The summed E-state index contributed by atoms with van der Waals surface area (Å²) >= 11 is 7.34. The predicted octanol–water partition coefficient (Wildman–Crippen LogP) is 4.39. The molecule has 0 aliphatic rings. The molecule has 0 fully saturated rings. The van der Waals surface area contributed by atoms with Gasteiger partial charge in [0.25, 0.3) is 0 Å². The van der Waals surface area contributed by atoms with E-state index in [-0.39, 0.29) is 16.9 Å². The summed E-state index contributed by atoms with van der Waals surface area (Å²) in [6, 6.07) is 9.28. The number of benzene rings is 1. The molecule has 0 saturated heterocycles. The Morgan fingerprint density at radius 3 is 2.88 bits per heavy atom. The second kappa shape index (κ2) is 5.63. The first kappa shape index (κ1) is 12.6. The summed E-state index contributed by atoms with van der Waals surface area (Å²) in [5, 5.41) is 5.57. The molecule has 0 radical (unpaired) electrons. The molecule has 90 valence electrons. The summed E-state index contributed by atoms with van der Waals surface area (Å²) in [6.45, 7) is 2.73. The first-order valence-corrected chi connectivity index (χ1v) is 6.63. The molecule has 1 atom stereocenters. The average molecular weight is 270 g/mol. The van der Waals surface area contributed by atoms with Crippen molar-refractivity contribution in [2.24, 2.45) is 0 Å². The molecule has 1 nitrogen and oxygen atoms in total. The summed E-state index contributed by atoms with van der Waals surface area (Å²) in [4.78, 5) is 1.28. The van der Waals surface area contributed by atoms with Gasteiger partial charge in [-0.25, -0.2) is 4.39 Å². The first-order valence-electron chi connectivity index (χ1n) is 5.37. The van der Waals surface area contributed by atoms with E-state index < -0.39 is 0 Å². The molecule has 1 aromatic carbocycles. The monoisotopic (exact) mass is 269 g/mol. The molecular formula is C13H13ClFNS. The molecule has 0 saturated carbocycles. The van der Waals surface area contributed by atoms with E-state index in [0.29, 0.717) is 6.54 Å². The third kappa shape index (κ3) is 3.28. The van der Waals surface area contributed by atoms with Gasteiger partial charge < -0.3 is 5.32 Å². The van der Waals surface area contributed by atoms with E-state index in [0.717, 1.165) is 5.56 Å². The Hall–Kier alpha value is -0.900. The highest BCUT2D eigenvalue weighted by Crippen LogP contribution is 2.19. The zero-order valence-electron chi connectivity index (χ0n) is 9.41. The summed E-state index contributed by atoms with van der Waals surface area (Å²) in [7, 11) is 0. The van der Waals surface area contributed by atoms with Crippen molar-refractivity contribution >= 4 is 22.9 Å². The van der Waals surface area contributed by atoms with Crippen LogP contribution >= 0.6 is 22.9 Å². The summed E-state index contributed by atoms with van der Waals surface area (Å²) < 4.78 is 13.2. The van der Waals surface area contributed by atoms with Crippen molar-refractivity contribution in [3.63, 3.8) is 0 Å². The highest BCUT2D eigenvalue weighted by atomic mass is 35.5. The van der Waals surface area contributed by atoms with Gasteiger partial charge in [0.2, 0.25) is 0 Å². The summed E-state index contributed by atoms with van der Waals surface area (Å²) in [6.07, 6.45) is 0. The van der Waals surface area contributed by atoms with Gasteiger partial charge in [-0.1, -0.05) is 23.7 Å². The van der Waals surface area contributed by atoms with E-state index in [1.54, 1.807) is 17.4 Å². The minimum absolute atomic E-state index is 0.167. The SMILES string of the molecule is C[C@H](NCc1ccc(Cl)c(F)c1)c1cccs1. The maximum atomic E-state index is 13.2. The first-order chi connectivity index (χ1) is 8.16. The van der Waals surface area contributed by atoms with Crippen LogP contribution in [0.4, 0.5) is 4.39 Å². The number of halogens is 2. The Morgan fingerprint density at radius 2 is 2.24 bits per heavy atom. The lowest BCUT2D eigenvalue weighted by Crippen LogP contribution is -2.17. The molecule has 1 N–H and O–H groups in total. The molecule has 0 amide bonds. The molecule has 4 heteroatoms. The van der Waals surface area contributed by atoms with Gasteiger partial charge in [-0.3, -0.25) is 0 Å². The summed E-state index contributed by atoms with van der Waals surface area (Å²) in [5.41, 5.74) is 0.898. The Balaban J connectivity index is 1.96. The van der Waals surface area contributed by atoms with Crippen molar-refractivity contribution in [1.82, 2.24) is 5.32 Å². The van der Waals surface area contributed by atoms with Crippen LogP contribution in [0.5, 0.6) is 0 Å². The molecule has 2 aromatic rings. The highest BCUT2D eigenvalue weighted by Gasteiger charge is 2.06. The molecule has 1 aromatic heterocycles. The van der Waals surface area contributed by atoms with Gasteiger partial charge in [-0.05, 0) is 36.1 Å². The topological polar surface area (TPSA) is 12.0 Å². The molecule has 0 bridgehead atoms. The third-order valence-corrected chi connectivity index (χ3v) is 3.93. The van der Waals surface area contributed by atoms with Crippen LogP contribution in [-0.2, 0) is 6.54 Å².